The third-order valence-corrected chi connectivity index (χ3v) is 4.28. The maximum atomic E-state index is 12.0. The Kier molecular flexibility index (Phi) is 6.55. The van der Waals surface area contributed by atoms with Crippen molar-refractivity contribution in [2.45, 2.75) is 52.6 Å². The van der Waals surface area contributed by atoms with Gasteiger partial charge in [0.05, 0.1) is 0 Å². The lowest BCUT2D eigenvalue weighted by atomic mass is 9.98. The minimum atomic E-state index is -0.466. The summed E-state index contributed by atoms with van der Waals surface area (Å²) in [4.78, 5) is 26.6. The quantitative estimate of drug-likeness (QED) is 0.803. The van der Waals surface area contributed by atoms with Gasteiger partial charge in [-0.15, -0.1) is 11.3 Å². The molecule has 0 saturated carbocycles. The van der Waals surface area contributed by atoms with Gasteiger partial charge in [0.15, 0.2) is 0 Å². The normalized spacial score (nSPS) is 11.7. The van der Waals surface area contributed by atoms with E-state index in [4.69, 9.17) is 0 Å². The molecule has 0 atom stereocenters. The number of carbonyl (C=O) groups excluding carboxylic acids is 2. The molecule has 4 nitrogen and oxygen atoms in total. The number of rotatable bonds is 8. The summed E-state index contributed by atoms with van der Waals surface area (Å²) in [5.74, 6) is 0.0848. The molecule has 0 fully saturated rings. The second-order valence-electron chi connectivity index (χ2n) is 6.33. The smallest absolute Gasteiger partial charge is 0.221 e. The van der Waals surface area contributed by atoms with Gasteiger partial charge in [0.2, 0.25) is 5.91 Å². The van der Waals surface area contributed by atoms with Crippen LogP contribution in [0.5, 0.6) is 0 Å². The summed E-state index contributed by atoms with van der Waals surface area (Å²) in [6, 6.07) is 2.12. The van der Waals surface area contributed by atoms with Crippen LogP contribution in [0.1, 0.15) is 44.1 Å². The maximum Gasteiger partial charge on any atom is 0.221 e. The molecule has 1 aromatic heterocycles. The number of aryl methyl sites for hydroxylation is 1. The van der Waals surface area contributed by atoms with Crippen LogP contribution in [0.4, 0.5) is 0 Å². The van der Waals surface area contributed by atoms with E-state index in [0.29, 0.717) is 19.4 Å². The average Bonchev–Trinajstić information content (AvgIpc) is 2.70. The molecule has 0 unspecified atom stereocenters. The lowest BCUT2D eigenvalue weighted by molar-refractivity contribution is -0.124. The summed E-state index contributed by atoms with van der Waals surface area (Å²) in [7, 11) is 2.02. The summed E-state index contributed by atoms with van der Waals surface area (Å²) in [5.41, 5.74) is 0.838. The van der Waals surface area contributed by atoms with Gasteiger partial charge >= 0.3 is 0 Å². The van der Waals surface area contributed by atoms with Crippen molar-refractivity contribution < 1.29 is 9.59 Å². The molecule has 1 heterocycles. The molecule has 1 amide bonds. The molecular weight excluding hydrogens is 284 g/mol. The van der Waals surface area contributed by atoms with E-state index in [1.165, 1.54) is 10.4 Å². The number of amides is 1. The van der Waals surface area contributed by atoms with Crippen molar-refractivity contribution in [3.63, 3.8) is 0 Å². The first-order valence-corrected chi connectivity index (χ1v) is 8.09. The minimum Gasteiger partial charge on any atom is -0.351 e. The first-order valence-electron chi connectivity index (χ1n) is 7.21. The second-order valence-corrected chi connectivity index (χ2v) is 7.33. The largest absolute Gasteiger partial charge is 0.351 e. The summed E-state index contributed by atoms with van der Waals surface area (Å²) in [6.07, 6.45) is 0.811. The van der Waals surface area contributed by atoms with Crippen molar-refractivity contribution in [1.29, 1.82) is 0 Å². The SMILES string of the molecule is CC(=O)CC(C)(C)NC(=O)CCN(C)Cc1sccc1C. The van der Waals surface area contributed by atoms with Gasteiger partial charge in [-0.2, -0.15) is 0 Å². The highest BCUT2D eigenvalue weighted by Crippen LogP contribution is 2.17. The van der Waals surface area contributed by atoms with Crippen LogP contribution < -0.4 is 5.32 Å². The molecule has 0 aliphatic carbocycles. The van der Waals surface area contributed by atoms with Gasteiger partial charge in [-0.05, 0) is 51.8 Å². The highest BCUT2D eigenvalue weighted by molar-refractivity contribution is 7.10. The molecule has 21 heavy (non-hydrogen) atoms. The molecule has 0 aliphatic heterocycles. The van der Waals surface area contributed by atoms with Crippen LogP contribution in [0.25, 0.3) is 0 Å². The van der Waals surface area contributed by atoms with E-state index in [2.05, 4.69) is 28.6 Å². The zero-order chi connectivity index (χ0) is 16.0. The summed E-state index contributed by atoms with van der Waals surface area (Å²) in [5, 5.41) is 5.02. The average molecular weight is 310 g/mol. The lowest BCUT2D eigenvalue weighted by Gasteiger charge is -2.25. The fourth-order valence-corrected chi connectivity index (χ4v) is 3.27. The third kappa shape index (κ3) is 6.87. The minimum absolute atomic E-state index is 0.00370. The Morgan fingerprint density at radius 3 is 2.57 bits per heavy atom. The fourth-order valence-electron chi connectivity index (χ4n) is 2.29. The standard InChI is InChI=1S/C16H26N2O2S/c1-12-7-9-21-14(12)11-18(5)8-6-15(20)17-16(3,4)10-13(2)19/h7,9H,6,8,10-11H2,1-5H3,(H,17,20). The van der Waals surface area contributed by atoms with E-state index in [-0.39, 0.29) is 11.7 Å². The number of thiophene rings is 1. The van der Waals surface area contributed by atoms with Crippen molar-refractivity contribution in [2.24, 2.45) is 0 Å². The highest BCUT2D eigenvalue weighted by atomic mass is 32.1. The number of nitrogens with one attached hydrogen (secondary N) is 1. The van der Waals surface area contributed by atoms with Crippen molar-refractivity contribution in [2.75, 3.05) is 13.6 Å². The molecular formula is C16H26N2O2S. The van der Waals surface area contributed by atoms with Crippen molar-refractivity contribution in [3.05, 3.63) is 21.9 Å². The number of Topliss-reactive ketones (excluding diaryl/α,β-unsaturated/α-hetero) is 1. The molecule has 1 N–H and O–H groups in total. The topological polar surface area (TPSA) is 49.4 Å². The maximum absolute atomic E-state index is 12.0. The van der Waals surface area contributed by atoms with Crippen molar-refractivity contribution in [3.8, 4) is 0 Å². The molecule has 0 bridgehead atoms. The molecule has 0 aliphatic rings. The number of nitrogens with zero attached hydrogens (tertiary/aromatic N) is 1. The third-order valence-electron chi connectivity index (χ3n) is 3.27. The number of hydrogen-bond acceptors (Lipinski definition) is 4. The molecule has 118 valence electrons. The first kappa shape index (κ1) is 17.9. The zero-order valence-corrected chi connectivity index (χ0v) is 14.5. The van der Waals surface area contributed by atoms with Gasteiger partial charge < -0.3 is 10.2 Å². The second kappa shape index (κ2) is 7.71. The van der Waals surface area contributed by atoms with E-state index in [0.717, 1.165) is 6.54 Å². The number of hydrogen-bond donors (Lipinski definition) is 1. The van der Waals surface area contributed by atoms with Gasteiger partial charge in [0, 0.05) is 36.3 Å². The number of carbonyl (C=O) groups is 2. The van der Waals surface area contributed by atoms with Gasteiger partial charge in [0.1, 0.15) is 5.78 Å². The van der Waals surface area contributed by atoms with E-state index in [1.54, 1.807) is 18.3 Å². The Hall–Kier alpha value is -1.20. The Morgan fingerprint density at radius 2 is 2.05 bits per heavy atom. The Bertz CT molecular complexity index is 494. The van der Waals surface area contributed by atoms with Crippen LogP contribution in [0, 0.1) is 6.92 Å². The first-order chi connectivity index (χ1) is 9.69. The lowest BCUT2D eigenvalue weighted by Crippen LogP contribution is -2.45. The number of ketones is 1. The summed E-state index contributed by atoms with van der Waals surface area (Å²) in [6.45, 7) is 8.99. The highest BCUT2D eigenvalue weighted by Gasteiger charge is 2.22. The van der Waals surface area contributed by atoms with Crippen LogP contribution in [-0.4, -0.2) is 35.7 Å². The molecule has 1 aromatic rings. The van der Waals surface area contributed by atoms with Crippen LogP contribution in [-0.2, 0) is 16.1 Å². The van der Waals surface area contributed by atoms with E-state index >= 15 is 0 Å². The van der Waals surface area contributed by atoms with Crippen LogP contribution in [0.3, 0.4) is 0 Å². The Morgan fingerprint density at radius 1 is 1.38 bits per heavy atom. The van der Waals surface area contributed by atoms with Gasteiger partial charge in [0.25, 0.3) is 0 Å². The van der Waals surface area contributed by atoms with E-state index < -0.39 is 5.54 Å². The van der Waals surface area contributed by atoms with Crippen LogP contribution in [0.15, 0.2) is 11.4 Å². The monoisotopic (exact) mass is 310 g/mol. The van der Waals surface area contributed by atoms with E-state index in [9.17, 15) is 9.59 Å². The van der Waals surface area contributed by atoms with Crippen LogP contribution >= 0.6 is 11.3 Å². The Labute approximate surface area is 131 Å². The van der Waals surface area contributed by atoms with Gasteiger partial charge in [-0.25, -0.2) is 0 Å². The molecule has 5 heteroatoms. The van der Waals surface area contributed by atoms with Gasteiger partial charge in [-0.1, -0.05) is 0 Å². The summed E-state index contributed by atoms with van der Waals surface area (Å²) >= 11 is 1.75. The fraction of sp³-hybridized carbons (Fsp3) is 0.625. The molecule has 0 aromatic carbocycles. The molecule has 1 rings (SSSR count). The van der Waals surface area contributed by atoms with Crippen molar-refractivity contribution in [1.82, 2.24) is 10.2 Å². The predicted octanol–water partition coefficient (Wildman–Crippen LogP) is 2.75. The Balaban J connectivity index is 2.35. The predicted molar refractivity (Wildman–Crippen MR) is 87.5 cm³/mol. The molecule has 0 saturated heterocycles. The summed E-state index contributed by atoms with van der Waals surface area (Å²) < 4.78 is 0. The molecule has 0 radical (unpaired) electrons. The van der Waals surface area contributed by atoms with E-state index in [1.807, 2.05) is 20.9 Å². The zero-order valence-electron chi connectivity index (χ0n) is 13.7. The van der Waals surface area contributed by atoms with Crippen LogP contribution in [0.2, 0.25) is 0 Å². The van der Waals surface area contributed by atoms with Crippen molar-refractivity contribution >= 4 is 23.0 Å². The molecule has 0 spiro atoms. The van der Waals surface area contributed by atoms with Gasteiger partial charge in [-0.3, -0.25) is 9.59 Å².